The van der Waals surface area contributed by atoms with Crippen LogP contribution in [0.2, 0.25) is 0 Å². The summed E-state index contributed by atoms with van der Waals surface area (Å²) >= 11 is 0. The van der Waals surface area contributed by atoms with Crippen LogP contribution in [0.4, 0.5) is 11.4 Å². The van der Waals surface area contributed by atoms with Gasteiger partial charge in [0.1, 0.15) is 0 Å². The number of benzene rings is 1. The van der Waals surface area contributed by atoms with Crippen molar-refractivity contribution in [2.75, 3.05) is 49.6 Å². The summed E-state index contributed by atoms with van der Waals surface area (Å²) in [6.45, 7) is 6.05. The van der Waals surface area contributed by atoms with Gasteiger partial charge in [0, 0.05) is 62.9 Å². The molecule has 0 atom stereocenters. The molecule has 0 aromatic heterocycles. The van der Waals surface area contributed by atoms with E-state index in [0.29, 0.717) is 6.04 Å². The van der Waals surface area contributed by atoms with E-state index >= 15 is 0 Å². The smallest absolute Gasteiger partial charge is 0.0485 e. The fraction of sp³-hybridized carbons (Fsp3) is 0.600. The van der Waals surface area contributed by atoms with Gasteiger partial charge in [-0.25, -0.2) is 0 Å². The van der Waals surface area contributed by atoms with Crippen molar-refractivity contribution >= 4 is 11.4 Å². The van der Waals surface area contributed by atoms with E-state index in [1.807, 2.05) is 6.07 Å². The third-order valence-electron chi connectivity index (χ3n) is 3.85. The van der Waals surface area contributed by atoms with Crippen molar-refractivity contribution in [2.45, 2.75) is 18.9 Å². The second-order valence-electron chi connectivity index (χ2n) is 5.23. The highest BCUT2D eigenvalue weighted by Gasteiger charge is 2.15. The molecule has 1 aromatic rings. The quantitative estimate of drug-likeness (QED) is 0.863. The molecule has 103 valence electrons. The van der Waals surface area contributed by atoms with Gasteiger partial charge in [-0.2, -0.15) is 0 Å². The van der Waals surface area contributed by atoms with Gasteiger partial charge in [-0.15, -0.1) is 0 Å². The van der Waals surface area contributed by atoms with Crippen LogP contribution in [0.3, 0.4) is 0 Å². The maximum absolute atomic E-state index is 5.39. The Morgan fingerprint density at radius 1 is 1.26 bits per heavy atom. The molecule has 0 aliphatic carbocycles. The molecule has 1 aromatic carbocycles. The Morgan fingerprint density at radius 2 is 2.05 bits per heavy atom. The van der Waals surface area contributed by atoms with Gasteiger partial charge in [-0.1, -0.05) is 6.07 Å². The zero-order valence-corrected chi connectivity index (χ0v) is 11.3. The maximum Gasteiger partial charge on any atom is 0.0485 e. The number of nitrogens with one attached hydrogen (secondary N) is 2. The lowest BCUT2D eigenvalue weighted by Gasteiger charge is -2.30. The molecule has 1 radical (unpaired) electrons. The normalized spacial score (nSPS) is 21.4. The van der Waals surface area contributed by atoms with Gasteiger partial charge in [-0.3, -0.25) is 0 Å². The van der Waals surface area contributed by atoms with E-state index in [4.69, 9.17) is 4.74 Å². The van der Waals surface area contributed by atoms with Crippen LogP contribution in [0.25, 0.3) is 0 Å². The second-order valence-corrected chi connectivity index (χ2v) is 5.23. The monoisotopic (exact) mass is 260 g/mol. The maximum atomic E-state index is 5.39. The zero-order valence-electron chi connectivity index (χ0n) is 11.3. The summed E-state index contributed by atoms with van der Waals surface area (Å²) < 4.78 is 5.39. The van der Waals surface area contributed by atoms with Gasteiger partial charge >= 0.3 is 0 Å². The summed E-state index contributed by atoms with van der Waals surface area (Å²) in [6, 6.07) is 10.2. The third kappa shape index (κ3) is 3.39. The molecule has 2 heterocycles. The van der Waals surface area contributed by atoms with Crippen molar-refractivity contribution in [1.82, 2.24) is 5.32 Å². The molecule has 0 bridgehead atoms. The Bertz CT molecular complexity index is 398. The first-order valence-electron chi connectivity index (χ1n) is 7.23. The largest absolute Gasteiger partial charge is 0.382 e. The molecule has 0 unspecified atom stereocenters. The van der Waals surface area contributed by atoms with Crippen LogP contribution in [-0.4, -0.2) is 45.4 Å². The summed E-state index contributed by atoms with van der Waals surface area (Å²) in [5, 5.41) is 6.97. The molecule has 2 fully saturated rings. The highest BCUT2D eigenvalue weighted by molar-refractivity contribution is 5.58. The SMILES string of the molecule is [c]1ccc(N2CCNCC2)cc1NC1CCOCC1. The van der Waals surface area contributed by atoms with Gasteiger partial charge in [0.2, 0.25) is 0 Å². The number of anilines is 2. The van der Waals surface area contributed by atoms with E-state index < -0.39 is 0 Å². The summed E-state index contributed by atoms with van der Waals surface area (Å²) in [6.07, 6.45) is 2.18. The van der Waals surface area contributed by atoms with E-state index in [1.165, 1.54) is 5.69 Å². The van der Waals surface area contributed by atoms with Crippen molar-refractivity contribution < 1.29 is 4.74 Å². The number of rotatable bonds is 3. The van der Waals surface area contributed by atoms with Crippen LogP contribution in [0.5, 0.6) is 0 Å². The molecule has 2 aliphatic rings. The Hall–Kier alpha value is -1.26. The Balaban J connectivity index is 1.64. The van der Waals surface area contributed by atoms with Crippen LogP contribution in [0, 0.1) is 6.07 Å². The first kappa shape index (κ1) is 12.8. The highest BCUT2D eigenvalue weighted by Crippen LogP contribution is 2.21. The van der Waals surface area contributed by atoms with Crippen molar-refractivity contribution in [3.8, 4) is 0 Å². The zero-order chi connectivity index (χ0) is 12.9. The van der Waals surface area contributed by atoms with Gasteiger partial charge in [0.15, 0.2) is 0 Å². The van der Waals surface area contributed by atoms with Crippen molar-refractivity contribution in [1.29, 1.82) is 0 Å². The second kappa shape index (κ2) is 6.26. The first-order chi connectivity index (χ1) is 9.42. The van der Waals surface area contributed by atoms with E-state index in [0.717, 1.165) is 57.9 Å². The molecule has 3 rings (SSSR count). The Kier molecular flexibility index (Phi) is 4.20. The summed E-state index contributed by atoms with van der Waals surface area (Å²) in [5.74, 6) is 0. The molecule has 4 heteroatoms. The number of hydrogen-bond acceptors (Lipinski definition) is 4. The average Bonchev–Trinajstić information content (AvgIpc) is 2.49. The summed E-state index contributed by atoms with van der Waals surface area (Å²) in [7, 11) is 0. The topological polar surface area (TPSA) is 36.5 Å². The fourth-order valence-electron chi connectivity index (χ4n) is 2.72. The van der Waals surface area contributed by atoms with E-state index in [2.05, 4.69) is 33.7 Å². The average molecular weight is 260 g/mol. The minimum atomic E-state index is 0.531. The number of nitrogens with zero attached hydrogens (tertiary/aromatic N) is 1. The Labute approximate surface area is 115 Å². The molecular formula is C15H22N3O. The van der Waals surface area contributed by atoms with Crippen LogP contribution < -0.4 is 15.5 Å². The lowest BCUT2D eigenvalue weighted by Crippen LogP contribution is -2.43. The fourth-order valence-corrected chi connectivity index (χ4v) is 2.72. The molecule has 0 spiro atoms. The number of hydrogen-bond donors (Lipinski definition) is 2. The number of piperazine rings is 1. The van der Waals surface area contributed by atoms with E-state index in [-0.39, 0.29) is 0 Å². The predicted octanol–water partition coefficient (Wildman–Crippen LogP) is 1.49. The molecule has 19 heavy (non-hydrogen) atoms. The van der Waals surface area contributed by atoms with Crippen molar-refractivity contribution in [3.05, 3.63) is 24.3 Å². The number of ether oxygens (including phenoxy) is 1. The van der Waals surface area contributed by atoms with Crippen molar-refractivity contribution in [3.63, 3.8) is 0 Å². The first-order valence-corrected chi connectivity index (χ1v) is 7.23. The van der Waals surface area contributed by atoms with Crippen LogP contribution in [0.1, 0.15) is 12.8 Å². The third-order valence-corrected chi connectivity index (χ3v) is 3.85. The van der Waals surface area contributed by atoms with E-state index in [1.54, 1.807) is 0 Å². The van der Waals surface area contributed by atoms with Crippen LogP contribution >= 0.6 is 0 Å². The summed E-state index contributed by atoms with van der Waals surface area (Å²) in [4.78, 5) is 2.43. The molecule has 2 N–H and O–H groups in total. The standard InChI is InChI=1S/C15H22N3O/c1-2-14(17-13-4-10-19-11-5-13)12-15(3-1)18-8-6-16-7-9-18/h1,3,12-13,16-17H,4-11H2. The summed E-state index contributed by atoms with van der Waals surface area (Å²) in [5.41, 5.74) is 2.41. The van der Waals surface area contributed by atoms with E-state index in [9.17, 15) is 0 Å². The molecule has 0 amide bonds. The Morgan fingerprint density at radius 3 is 2.84 bits per heavy atom. The van der Waals surface area contributed by atoms with Gasteiger partial charge in [-0.05, 0) is 25.0 Å². The molecule has 2 saturated heterocycles. The van der Waals surface area contributed by atoms with Crippen LogP contribution in [0.15, 0.2) is 18.2 Å². The van der Waals surface area contributed by atoms with Gasteiger partial charge in [0.25, 0.3) is 0 Å². The van der Waals surface area contributed by atoms with Gasteiger partial charge in [0.05, 0.1) is 0 Å². The lowest BCUT2D eigenvalue weighted by atomic mass is 10.1. The molecule has 2 aliphatic heterocycles. The van der Waals surface area contributed by atoms with Crippen molar-refractivity contribution in [2.24, 2.45) is 0 Å². The molecule has 0 saturated carbocycles. The van der Waals surface area contributed by atoms with Gasteiger partial charge < -0.3 is 20.3 Å². The minimum absolute atomic E-state index is 0.531. The minimum Gasteiger partial charge on any atom is -0.382 e. The predicted molar refractivity (Wildman–Crippen MR) is 77.8 cm³/mol. The van der Waals surface area contributed by atoms with Crippen LogP contribution in [-0.2, 0) is 4.74 Å². The lowest BCUT2D eigenvalue weighted by molar-refractivity contribution is 0.0904. The molecular weight excluding hydrogens is 238 g/mol. The highest BCUT2D eigenvalue weighted by atomic mass is 16.5. The molecule has 4 nitrogen and oxygen atoms in total.